The highest BCUT2D eigenvalue weighted by Gasteiger charge is 2.15. The summed E-state index contributed by atoms with van der Waals surface area (Å²) in [4.78, 5) is 42.0. The molecule has 0 bridgehead atoms. The van der Waals surface area contributed by atoms with Crippen LogP contribution in [0.3, 0.4) is 0 Å². The average molecular weight is 466 g/mol. The Morgan fingerprint density at radius 1 is 1.09 bits per heavy atom. The van der Waals surface area contributed by atoms with Gasteiger partial charge in [0.2, 0.25) is 0 Å². The van der Waals surface area contributed by atoms with Gasteiger partial charge in [-0.15, -0.1) is 11.8 Å². The normalized spacial score (nSPS) is 11.7. The van der Waals surface area contributed by atoms with Crippen molar-refractivity contribution in [2.45, 2.75) is 38.3 Å². The van der Waals surface area contributed by atoms with Crippen LogP contribution in [0, 0.1) is 5.92 Å². The van der Waals surface area contributed by atoms with Crippen LogP contribution in [0.5, 0.6) is 0 Å². The van der Waals surface area contributed by atoms with E-state index in [2.05, 4.69) is 10.3 Å². The Hall–Kier alpha value is -3.39. The van der Waals surface area contributed by atoms with Crippen LogP contribution < -0.4 is 10.9 Å². The highest BCUT2D eigenvalue weighted by Crippen LogP contribution is 2.23. The third-order valence-electron chi connectivity index (χ3n) is 5.28. The first-order chi connectivity index (χ1) is 15.9. The largest absolute Gasteiger partial charge is 0.481 e. The molecule has 0 spiro atoms. The number of carbonyl (C=O) groups is 2. The first kappa shape index (κ1) is 24.3. The van der Waals surface area contributed by atoms with Crippen molar-refractivity contribution >= 4 is 23.6 Å². The number of hydrogen-bond acceptors (Lipinski definition) is 5. The van der Waals surface area contributed by atoms with Gasteiger partial charge in [-0.3, -0.25) is 19.0 Å². The smallest absolute Gasteiger partial charge is 0.307 e. The molecule has 1 aromatic heterocycles. The standard InChI is InChI=1S/C25H27N3O4S/c1-3-17(25(31)32)15-33-20-12-10-19(11-13-20)24(30)26-16-28-22(4-2)27-21(14-23(28)29)18-8-6-5-7-9-18/h5-14,17H,3-4,15-16H2,1-2H3,(H,26,30)(H,31,32). The van der Waals surface area contributed by atoms with Crippen molar-refractivity contribution in [2.24, 2.45) is 5.92 Å². The highest BCUT2D eigenvalue weighted by molar-refractivity contribution is 7.99. The lowest BCUT2D eigenvalue weighted by atomic mass is 10.1. The van der Waals surface area contributed by atoms with Gasteiger partial charge in [0.15, 0.2) is 0 Å². The van der Waals surface area contributed by atoms with E-state index in [4.69, 9.17) is 5.11 Å². The number of aryl methyl sites for hydroxylation is 1. The molecule has 1 atom stereocenters. The topological polar surface area (TPSA) is 101 Å². The predicted octanol–water partition coefficient (Wildman–Crippen LogP) is 4.06. The van der Waals surface area contributed by atoms with Crippen LogP contribution in [-0.4, -0.2) is 32.3 Å². The number of nitrogens with zero attached hydrogens (tertiary/aromatic N) is 2. The highest BCUT2D eigenvalue weighted by atomic mass is 32.2. The van der Waals surface area contributed by atoms with Crippen molar-refractivity contribution in [3.05, 3.63) is 82.4 Å². The summed E-state index contributed by atoms with van der Waals surface area (Å²) in [7, 11) is 0. The summed E-state index contributed by atoms with van der Waals surface area (Å²) in [6, 6.07) is 18.0. The van der Waals surface area contributed by atoms with Gasteiger partial charge in [-0.25, -0.2) is 4.98 Å². The van der Waals surface area contributed by atoms with E-state index in [1.165, 1.54) is 22.4 Å². The van der Waals surface area contributed by atoms with Gasteiger partial charge in [-0.2, -0.15) is 0 Å². The fourth-order valence-electron chi connectivity index (χ4n) is 3.27. The molecule has 7 nitrogen and oxygen atoms in total. The van der Waals surface area contributed by atoms with Crippen molar-refractivity contribution in [3.8, 4) is 11.3 Å². The molecule has 0 aliphatic heterocycles. The molecule has 1 unspecified atom stereocenters. The maximum Gasteiger partial charge on any atom is 0.307 e. The number of carboxylic acids is 1. The van der Waals surface area contributed by atoms with Crippen LogP contribution in [0.1, 0.15) is 36.5 Å². The molecule has 3 rings (SSSR count). The fraction of sp³-hybridized carbons (Fsp3) is 0.280. The minimum Gasteiger partial charge on any atom is -0.481 e. The summed E-state index contributed by atoms with van der Waals surface area (Å²) in [5.41, 5.74) is 1.72. The lowest BCUT2D eigenvalue weighted by Gasteiger charge is -2.14. The molecule has 0 saturated heterocycles. The summed E-state index contributed by atoms with van der Waals surface area (Å²) >= 11 is 1.45. The maximum absolute atomic E-state index is 12.7. The minimum atomic E-state index is -0.797. The van der Waals surface area contributed by atoms with Crippen LogP contribution >= 0.6 is 11.8 Å². The summed E-state index contributed by atoms with van der Waals surface area (Å²) in [6.07, 6.45) is 1.12. The average Bonchev–Trinajstić information content (AvgIpc) is 2.83. The molecule has 2 N–H and O–H groups in total. The quantitative estimate of drug-likeness (QED) is 0.438. The summed E-state index contributed by atoms with van der Waals surface area (Å²) in [5, 5.41) is 11.9. The minimum absolute atomic E-state index is 0.0240. The zero-order valence-corrected chi connectivity index (χ0v) is 19.5. The summed E-state index contributed by atoms with van der Waals surface area (Å²) in [6.45, 7) is 3.79. The van der Waals surface area contributed by atoms with E-state index in [1.807, 2.05) is 44.2 Å². The van der Waals surface area contributed by atoms with Crippen LogP contribution in [0.2, 0.25) is 0 Å². The van der Waals surface area contributed by atoms with E-state index in [1.54, 1.807) is 24.3 Å². The van der Waals surface area contributed by atoms with E-state index in [0.29, 0.717) is 35.7 Å². The first-order valence-corrected chi connectivity index (χ1v) is 11.8. The number of rotatable bonds is 10. The molecule has 8 heteroatoms. The lowest BCUT2D eigenvalue weighted by Crippen LogP contribution is -2.34. The van der Waals surface area contributed by atoms with Gasteiger partial charge in [0.25, 0.3) is 11.5 Å². The Morgan fingerprint density at radius 3 is 2.39 bits per heavy atom. The van der Waals surface area contributed by atoms with Crippen LogP contribution in [0.25, 0.3) is 11.3 Å². The summed E-state index contributed by atoms with van der Waals surface area (Å²) in [5.74, 6) is -0.423. The molecular formula is C25H27N3O4S. The Labute approximate surface area is 196 Å². The maximum atomic E-state index is 12.7. The Kier molecular flexibility index (Phi) is 8.43. The third kappa shape index (κ3) is 6.32. The molecule has 0 aliphatic rings. The molecule has 0 saturated carbocycles. The second kappa shape index (κ2) is 11.5. The molecule has 33 heavy (non-hydrogen) atoms. The number of aromatic nitrogens is 2. The van der Waals surface area contributed by atoms with Gasteiger partial charge in [-0.1, -0.05) is 44.2 Å². The van der Waals surface area contributed by atoms with Gasteiger partial charge >= 0.3 is 5.97 Å². The van der Waals surface area contributed by atoms with Crippen LogP contribution in [0.4, 0.5) is 0 Å². The Morgan fingerprint density at radius 2 is 1.79 bits per heavy atom. The second-order valence-corrected chi connectivity index (χ2v) is 8.58. The number of carbonyl (C=O) groups excluding carboxylic acids is 1. The molecular weight excluding hydrogens is 438 g/mol. The number of carboxylic acid groups (broad SMARTS) is 1. The monoisotopic (exact) mass is 465 g/mol. The van der Waals surface area contributed by atoms with Gasteiger partial charge in [0.05, 0.1) is 18.3 Å². The molecule has 1 heterocycles. The number of benzene rings is 2. The van der Waals surface area contributed by atoms with Crippen molar-refractivity contribution < 1.29 is 14.7 Å². The van der Waals surface area contributed by atoms with Gasteiger partial charge in [-0.05, 0) is 30.7 Å². The predicted molar refractivity (Wildman–Crippen MR) is 129 cm³/mol. The number of thioether (sulfide) groups is 1. The second-order valence-electron chi connectivity index (χ2n) is 7.49. The van der Waals surface area contributed by atoms with Crippen molar-refractivity contribution in [3.63, 3.8) is 0 Å². The van der Waals surface area contributed by atoms with Crippen molar-refractivity contribution in [1.29, 1.82) is 0 Å². The zero-order valence-electron chi connectivity index (χ0n) is 18.7. The molecule has 0 aliphatic carbocycles. The summed E-state index contributed by atoms with van der Waals surface area (Å²) < 4.78 is 1.46. The lowest BCUT2D eigenvalue weighted by molar-refractivity contribution is -0.140. The fourth-order valence-corrected chi connectivity index (χ4v) is 4.37. The Bertz CT molecular complexity index is 1160. The van der Waals surface area contributed by atoms with E-state index in [0.717, 1.165) is 10.5 Å². The van der Waals surface area contributed by atoms with Crippen molar-refractivity contribution in [1.82, 2.24) is 14.9 Å². The van der Waals surface area contributed by atoms with E-state index in [9.17, 15) is 14.4 Å². The van der Waals surface area contributed by atoms with Crippen molar-refractivity contribution in [2.75, 3.05) is 5.75 Å². The van der Waals surface area contributed by atoms with Gasteiger partial charge in [0, 0.05) is 34.3 Å². The van der Waals surface area contributed by atoms with E-state index < -0.39 is 11.9 Å². The molecule has 3 aromatic rings. The van der Waals surface area contributed by atoms with Gasteiger partial charge < -0.3 is 10.4 Å². The molecule has 2 aromatic carbocycles. The number of nitrogens with one attached hydrogen (secondary N) is 1. The Balaban J connectivity index is 1.65. The van der Waals surface area contributed by atoms with Crippen LogP contribution in [-0.2, 0) is 17.9 Å². The molecule has 0 fully saturated rings. The number of aliphatic carboxylic acids is 1. The molecule has 1 amide bonds. The first-order valence-electron chi connectivity index (χ1n) is 10.8. The number of amides is 1. The number of hydrogen-bond donors (Lipinski definition) is 2. The molecule has 172 valence electrons. The van der Waals surface area contributed by atoms with E-state index in [-0.39, 0.29) is 18.1 Å². The molecule has 0 radical (unpaired) electrons. The van der Waals surface area contributed by atoms with Crippen LogP contribution in [0.15, 0.2) is 70.4 Å². The third-order valence-corrected chi connectivity index (χ3v) is 6.46. The van der Waals surface area contributed by atoms with Gasteiger partial charge in [0.1, 0.15) is 5.82 Å². The zero-order chi connectivity index (χ0) is 23.8. The van der Waals surface area contributed by atoms with E-state index >= 15 is 0 Å². The SMILES string of the molecule is CCc1nc(-c2ccccc2)cc(=O)n1CNC(=O)c1ccc(SCC(CC)C(=O)O)cc1.